The fourth-order valence-corrected chi connectivity index (χ4v) is 3.17. The van der Waals surface area contributed by atoms with Crippen LogP contribution in [0.1, 0.15) is 24.8 Å². The fourth-order valence-electron chi connectivity index (χ4n) is 3.17. The quantitative estimate of drug-likeness (QED) is 0.788. The Hall–Kier alpha value is -2.24. The van der Waals surface area contributed by atoms with Gasteiger partial charge >= 0.3 is 0 Å². The van der Waals surface area contributed by atoms with E-state index in [4.69, 9.17) is 15.2 Å². The SMILES string of the molecule is CCCOc1ccc(OCC(=O)N2C[C@@H](N)[C@H](c3ccccc3)C2)cc1.Cl. The summed E-state index contributed by atoms with van der Waals surface area (Å²) in [6, 6.07) is 17.4. The molecule has 1 fully saturated rings. The molecule has 2 aromatic carbocycles. The van der Waals surface area contributed by atoms with E-state index >= 15 is 0 Å². The van der Waals surface area contributed by atoms with Crippen LogP contribution in [0.5, 0.6) is 11.5 Å². The molecular formula is C21H27ClN2O3. The van der Waals surface area contributed by atoms with Crippen LogP contribution in [-0.4, -0.2) is 43.2 Å². The van der Waals surface area contributed by atoms with Gasteiger partial charge < -0.3 is 20.1 Å². The Kier molecular flexibility index (Phi) is 7.95. The maximum absolute atomic E-state index is 12.5. The van der Waals surface area contributed by atoms with E-state index in [1.807, 2.05) is 42.5 Å². The van der Waals surface area contributed by atoms with Crippen molar-refractivity contribution < 1.29 is 14.3 Å². The second-order valence-corrected chi connectivity index (χ2v) is 6.59. The van der Waals surface area contributed by atoms with Gasteiger partial charge in [-0.15, -0.1) is 12.4 Å². The van der Waals surface area contributed by atoms with Crippen molar-refractivity contribution >= 4 is 18.3 Å². The Morgan fingerprint density at radius 2 is 1.67 bits per heavy atom. The van der Waals surface area contributed by atoms with Crippen LogP contribution in [0.3, 0.4) is 0 Å². The number of likely N-dealkylation sites (tertiary alicyclic amines) is 1. The average Bonchev–Trinajstić information content (AvgIpc) is 3.08. The van der Waals surface area contributed by atoms with Crippen LogP contribution in [0.2, 0.25) is 0 Å². The van der Waals surface area contributed by atoms with Crippen LogP contribution in [0, 0.1) is 0 Å². The zero-order valence-electron chi connectivity index (χ0n) is 15.5. The minimum Gasteiger partial charge on any atom is -0.494 e. The molecule has 1 amide bonds. The number of halogens is 1. The lowest BCUT2D eigenvalue weighted by molar-refractivity contribution is -0.132. The molecule has 2 atom stereocenters. The van der Waals surface area contributed by atoms with E-state index in [1.165, 1.54) is 5.56 Å². The molecule has 2 N–H and O–H groups in total. The van der Waals surface area contributed by atoms with E-state index in [2.05, 4.69) is 19.1 Å². The van der Waals surface area contributed by atoms with Gasteiger partial charge in [0.25, 0.3) is 5.91 Å². The second kappa shape index (κ2) is 10.2. The van der Waals surface area contributed by atoms with Crippen molar-refractivity contribution in [2.75, 3.05) is 26.3 Å². The molecule has 0 saturated carbocycles. The number of ether oxygens (including phenoxy) is 2. The lowest BCUT2D eigenvalue weighted by Gasteiger charge is -2.17. The van der Waals surface area contributed by atoms with Crippen LogP contribution in [0.15, 0.2) is 54.6 Å². The van der Waals surface area contributed by atoms with E-state index in [0.717, 1.165) is 12.2 Å². The van der Waals surface area contributed by atoms with Gasteiger partial charge in [0.2, 0.25) is 0 Å². The summed E-state index contributed by atoms with van der Waals surface area (Å²) >= 11 is 0. The number of amides is 1. The highest BCUT2D eigenvalue weighted by Gasteiger charge is 2.33. The predicted octanol–water partition coefficient (Wildman–Crippen LogP) is 3.23. The van der Waals surface area contributed by atoms with Crippen molar-refractivity contribution in [3.8, 4) is 11.5 Å². The topological polar surface area (TPSA) is 64.8 Å². The standard InChI is InChI=1S/C21H26N2O3.ClH/c1-2-12-25-17-8-10-18(11-9-17)26-15-21(24)23-13-19(20(22)14-23)16-6-4-3-5-7-16;/h3-11,19-20H,2,12-15,22H2,1H3;1H/t19-,20+;/m0./s1. The predicted molar refractivity (Wildman–Crippen MR) is 109 cm³/mol. The first-order chi connectivity index (χ1) is 12.7. The van der Waals surface area contributed by atoms with Crippen molar-refractivity contribution in [3.05, 3.63) is 60.2 Å². The Morgan fingerprint density at radius 1 is 1.04 bits per heavy atom. The summed E-state index contributed by atoms with van der Waals surface area (Å²) in [5.74, 6) is 1.60. The number of hydrogen-bond donors (Lipinski definition) is 1. The van der Waals surface area contributed by atoms with Crippen LogP contribution in [0.4, 0.5) is 0 Å². The molecule has 146 valence electrons. The van der Waals surface area contributed by atoms with Crippen LogP contribution >= 0.6 is 12.4 Å². The van der Waals surface area contributed by atoms with E-state index < -0.39 is 0 Å². The van der Waals surface area contributed by atoms with Gasteiger partial charge in [-0.05, 0) is 36.2 Å². The molecule has 6 heteroatoms. The number of carbonyl (C=O) groups is 1. The molecule has 0 bridgehead atoms. The van der Waals surface area contributed by atoms with E-state index in [9.17, 15) is 4.79 Å². The molecule has 1 saturated heterocycles. The van der Waals surface area contributed by atoms with E-state index in [-0.39, 0.29) is 36.9 Å². The number of carbonyl (C=O) groups excluding carboxylic acids is 1. The van der Waals surface area contributed by atoms with Crippen molar-refractivity contribution in [2.45, 2.75) is 25.3 Å². The summed E-state index contributed by atoms with van der Waals surface area (Å²) in [4.78, 5) is 14.3. The summed E-state index contributed by atoms with van der Waals surface area (Å²) in [5, 5.41) is 0. The zero-order valence-corrected chi connectivity index (χ0v) is 16.4. The molecule has 1 aliphatic heterocycles. The van der Waals surface area contributed by atoms with Crippen LogP contribution < -0.4 is 15.2 Å². The lowest BCUT2D eigenvalue weighted by atomic mass is 9.95. The largest absolute Gasteiger partial charge is 0.494 e. The van der Waals surface area contributed by atoms with Gasteiger partial charge in [0, 0.05) is 25.0 Å². The van der Waals surface area contributed by atoms with Gasteiger partial charge in [0.15, 0.2) is 6.61 Å². The molecule has 0 aliphatic carbocycles. The summed E-state index contributed by atoms with van der Waals surface area (Å²) < 4.78 is 11.2. The van der Waals surface area contributed by atoms with E-state index in [0.29, 0.717) is 25.4 Å². The number of nitrogens with zero attached hydrogens (tertiary/aromatic N) is 1. The summed E-state index contributed by atoms with van der Waals surface area (Å²) in [5.41, 5.74) is 7.43. The third-order valence-corrected chi connectivity index (χ3v) is 4.60. The number of nitrogens with two attached hydrogens (primary N) is 1. The lowest BCUT2D eigenvalue weighted by Crippen LogP contribution is -2.35. The third-order valence-electron chi connectivity index (χ3n) is 4.60. The average molecular weight is 391 g/mol. The highest BCUT2D eigenvalue weighted by atomic mass is 35.5. The van der Waals surface area contributed by atoms with Gasteiger partial charge in [-0.1, -0.05) is 37.3 Å². The molecule has 0 aromatic heterocycles. The highest BCUT2D eigenvalue weighted by molar-refractivity contribution is 5.85. The highest BCUT2D eigenvalue weighted by Crippen LogP contribution is 2.26. The molecular weight excluding hydrogens is 364 g/mol. The Balaban J connectivity index is 0.00000261. The van der Waals surface area contributed by atoms with E-state index in [1.54, 1.807) is 4.90 Å². The first kappa shape index (κ1) is 21.1. The molecule has 0 unspecified atom stereocenters. The minimum absolute atomic E-state index is 0. The number of benzene rings is 2. The normalized spacial score (nSPS) is 18.7. The van der Waals surface area contributed by atoms with Crippen molar-refractivity contribution in [1.82, 2.24) is 4.90 Å². The smallest absolute Gasteiger partial charge is 0.260 e. The Morgan fingerprint density at radius 3 is 2.30 bits per heavy atom. The minimum atomic E-state index is -0.0450. The molecule has 2 aromatic rings. The van der Waals surface area contributed by atoms with Crippen molar-refractivity contribution in [1.29, 1.82) is 0 Å². The molecule has 3 rings (SSSR count). The Labute approximate surface area is 166 Å². The molecule has 1 aliphatic rings. The van der Waals surface area contributed by atoms with Gasteiger partial charge in [0.1, 0.15) is 11.5 Å². The van der Waals surface area contributed by atoms with Gasteiger partial charge in [-0.3, -0.25) is 4.79 Å². The summed E-state index contributed by atoms with van der Waals surface area (Å²) in [7, 11) is 0. The first-order valence-electron chi connectivity index (χ1n) is 9.11. The van der Waals surface area contributed by atoms with Crippen LogP contribution in [0.25, 0.3) is 0 Å². The van der Waals surface area contributed by atoms with Crippen molar-refractivity contribution in [2.24, 2.45) is 5.73 Å². The molecule has 1 heterocycles. The second-order valence-electron chi connectivity index (χ2n) is 6.59. The zero-order chi connectivity index (χ0) is 18.4. The first-order valence-corrected chi connectivity index (χ1v) is 9.11. The molecule has 5 nitrogen and oxygen atoms in total. The van der Waals surface area contributed by atoms with Crippen LogP contribution in [-0.2, 0) is 4.79 Å². The Bertz CT molecular complexity index is 709. The maximum Gasteiger partial charge on any atom is 0.260 e. The molecule has 27 heavy (non-hydrogen) atoms. The summed E-state index contributed by atoms with van der Waals surface area (Å²) in [6.07, 6.45) is 0.967. The molecule has 0 spiro atoms. The summed E-state index contributed by atoms with van der Waals surface area (Å²) in [6.45, 7) is 3.97. The van der Waals surface area contributed by atoms with Gasteiger partial charge in [-0.25, -0.2) is 0 Å². The van der Waals surface area contributed by atoms with Gasteiger partial charge in [-0.2, -0.15) is 0 Å². The van der Waals surface area contributed by atoms with Gasteiger partial charge in [0.05, 0.1) is 6.61 Å². The number of rotatable bonds is 7. The number of hydrogen-bond acceptors (Lipinski definition) is 4. The van der Waals surface area contributed by atoms with Crippen molar-refractivity contribution in [3.63, 3.8) is 0 Å². The fraction of sp³-hybridized carbons (Fsp3) is 0.381. The molecule has 0 radical (unpaired) electrons. The maximum atomic E-state index is 12.5. The third kappa shape index (κ3) is 5.62. The monoisotopic (exact) mass is 390 g/mol.